The van der Waals surface area contributed by atoms with E-state index in [1.807, 2.05) is 60.7 Å². The zero-order valence-electron chi connectivity index (χ0n) is 15.5. The summed E-state index contributed by atoms with van der Waals surface area (Å²) in [6, 6.07) is 26.5. The summed E-state index contributed by atoms with van der Waals surface area (Å²) >= 11 is 1.24. The Morgan fingerprint density at radius 3 is 2.21 bits per heavy atom. The lowest BCUT2D eigenvalue weighted by Crippen LogP contribution is -2.02. The number of hydrogen-bond acceptors (Lipinski definition) is 6. The van der Waals surface area contributed by atoms with Crippen LogP contribution < -0.4 is 4.74 Å². The fraction of sp³-hybridized carbons (Fsp3) is 0.0870. The molecule has 0 unspecified atom stereocenters. The molecule has 0 aliphatic rings. The molecule has 0 radical (unpaired) electrons. The van der Waals surface area contributed by atoms with Gasteiger partial charge in [-0.15, -0.1) is 10.2 Å². The van der Waals surface area contributed by atoms with Gasteiger partial charge in [-0.25, -0.2) is 0 Å². The molecule has 0 bridgehead atoms. The second-order valence-corrected chi connectivity index (χ2v) is 7.20. The molecule has 1 aromatic heterocycles. The maximum Gasteiger partial charge on any atom is 0.277 e. The van der Waals surface area contributed by atoms with Gasteiger partial charge in [-0.1, -0.05) is 60.3 Å². The van der Waals surface area contributed by atoms with Crippen molar-refractivity contribution in [3.05, 3.63) is 102 Å². The highest BCUT2D eigenvalue weighted by atomic mass is 32.2. The fourth-order valence-corrected chi connectivity index (χ4v) is 3.36. The first kappa shape index (κ1) is 19.0. The molecule has 144 valence electrons. The third-order valence-corrected chi connectivity index (χ3v) is 4.95. The third kappa shape index (κ3) is 5.33. The molecule has 4 aromatic rings. The van der Waals surface area contributed by atoms with E-state index in [4.69, 9.17) is 9.15 Å². The minimum Gasteiger partial charge on any atom is -0.457 e. The van der Waals surface area contributed by atoms with Crippen LogP contribution in [0.5, 0.6) is 11.5 Å². The zero-order chi connectivity index (χ0) is 19.9. The topological polar surface area (TPSA) is 65.2 Å². The zero-order valence-corrected chi connectivity index (χ0v) is 16.3. The molecule has 0 N–H and O–H groups in total. The van der Waals surface area contributed by atoms with E-state index in [1.165, 1.54) is 11.8 Å². The number of Topliss-reactive ketones (excluding diaryl/α,β-unsaturated/α-hetero) is 1. The molecule has 0 atom stereocenters. The Hall–Kier alpha value is -3.38. The Bertz CT molecular complexity index is 1060. The second kappa shape index (κ2) is 9.21. The first-order valence-corrected chi connectivity index (χ1v) is 10.1. The van der Waals surface area contributed by atoms with Gasteiger partial charge in [0.1, 0.15) is 11.5 Å². The molecule has 0 aliphatic carbocycles. The summed E-state index contributed by atoms with van der Waals surface area (Å²) in [6.07, 6.45) is 0.575. The quantitative estimate of drug-likeness (QED) is 0.289. The monoisotopic (exact) mass is 402 g/mol. The summed E-state index contributed by atoms with van der Waals surface area (Å²) in [5, 5.41) is 8.46. The van der Waals surface area contributed by atoms with Crippen molar-refractivity contribution in [1.29, 1.82) is 0 Å². The van der Waals surface area contributed by atoms with Gasteiger partial charge >= 0.3 is 0 Å². The van der Waals surface area contributed by atoms with Gasteiger partial charge in [0.05, 0.1) is 12.2 Å². The molecule has 3 aromatic carbocycles. The Kier molecular flexibility index (Phi) is 6.02. The number of hydrogen-bond donors (Lipinski definition) is 0. The maximum atomic E-state index is 12.4. The van der Waals surface area contributed by atoms with Crippen molar-refractivity contribution in [2.75, 3.05) is 5.75 Å². The third-order valence-electron chi connectivity index (χ3n) is 4.13. The number of nitrogens with zero attached hydrogens (tertiary/aromatic N) is 2. The van der Waals surface area contributed by atoms with Gasteiger partial charge in [-0.2, -0.15) is 0 Å². The van der Waals surface area contributed by atoms with Crippen LogP contribution in [0, 0.1) is 0 Å². The van der Waals surface area contributed by atoms with Crippen molar-refractivity contribution in [3.63, 3.8) is 0 Å². The van der Waals surface area contributed by atoms with Gasteiger partial charge in [-0.05, 0) is 42.0 Å². The highest BCUT2D eigenvalue weighted by Crippen LogP contribution is 2.23. The van der Waals surface area contributed by atoms with E-state index in [0.29, 0.717) is 28.8 Å². The molecule has 0 aliphatic heterocycles. The molecule has 6 heteroatoms. The van der Waals surface area contributed by atoms with E-state index in [0.717, 1.165) is 11.3 Å². The van der Waals surface area contributed by atoms with E-state index in [2.05, 4.69) is 10.2 Å². The number of rotatable bonds is 8. The van der Waals surface area contributed by atoms with Gasteiger partial charge in [0, 0.05) is 5.56 Å². The molecule has 0 saturated heterocycles. The number of ether oxygens (including phenoxy) is 1. The van der Waals surface area contributed by atoms with Crippen LogP contribution in [-0.2, 0) is 6.42 Å². The molecule has 0 amide bonds. The fourth-order valence-electron chi connectivity index (χ4n) is 2.68. The van der Waals surface area contributed by atoms with E-state index in [-0.39, 0.29) is 11.5 Å². The van der Waals surface area contributed by atoms with Gasteiger partial charge in [0.15, 0.2) is 5.78 Å². The van der Waals surface area contributed by atoms with Crippen molar-refractivity contribution >= 4 is 17.5 Å². The number of carbonyl (C=O) groups excluding carboxylic acids is 1. The summed E-state index contributed by atoms with van der Waals surface area (Å²) in [7, 11) is 0. The summed E-state index contributed by atoms with van der Waals surface area (Å²) in [5.74, 6) is 2.19. The van der Waals surface area contributed by atoms with Crippen molar-refractivity contribution in [1.82, 2.24) is 10.2 Å². The van der Waals surface area contributed by atoms with Crippen LogP contribution in [0.4, 0.5) is 0 Å². The number of carbonyl (C=O) groups is 1. The smallest absolute Gasteiger partial charge is 0.277 e. The lowest BCUT2D eigenvalue weighted by atomic mass is 10.1. The maximum absolute atomic E-state index is 12.4. The highest BCUT2D eigenvalue weighted by Gasteiger charge is 2.12. The van der Waals surface area contributed by atoms with Gasteiger partial charge < -0.3 is 9.15 Å². The minimum atomic E-state index is -0.0101. The lowest BCUT2D eigenvalue weighted by Gasteiger charge is -2.06. The SMILES string of the molecule is O=C(CSc1nnc(Cc2ccccc2)o1)c1ccc(Oc2ccccc2)cc1. The average molecular weight is 402 g/mol. The van der Waals surface area contributed by atoms with Crippen LogP contribution in [0.15, 0.2) is 94.6 Å². The van der Waals surface area contributed by atoms with Crippen LogP contribution in [0.25, 0.3) is 0 Å². The van der Waals surface area contributed by atoms with Crippen LogP contribution in [0.3, 0.4) is 0 Å². The Morgan fingerprint density at radius 1 is 0.828 bits per heavy atom. The molecule has 4 rings (SSSR count). The minimum absolute atomic E-state index is 0.0101. The summed E-state index contributed by atoms with van der Waals surface area (Å²) in [4.78, 5) is 12.4. The van der Waals surface area contributed by atoms with Crippen LogP contribution in [-0.4, -0.2) is 21.7 Å². The summed E-state index contributed by atoms with van der Waals surface area (Å²) in [5.41, 5.74) is 1.71. The van der Waals surface area contributed by atoms with E-state index in [9.17, 15) is 4.79 Å². The molecular formula is C23H18N2O3S. The predicted octanol–water partition coefficient (Wildman–Crippen LogP) is 5.43. The van der Waals surface area contributed by atoms with E-state index in [1.54, 1.807) is 24.3 Å². The van der Waals surface area contributed by atoms with Crippen molar-refractivity contribution in [2.45, 2.75) is 11.6 Å². The molecule has 0 fully saturated rings. The number of benzene rings is 3. The van der Waals surface area contributed by atoms with Crippen molar-refractivity contribution < 1.29 is 13.9 Å². The van der Waals surface area contributed by atoms with E-state index < -0.39 is 0 Å². The Morgan fingerprint density at radius 2 is 1.48 bits per heavy atom. The van der Waals surface area contributed by atoms with Crippen LogP contribution >= 0.6 is 11.8 Å². The lowest BCUT2D eigenvalue weighted by molar-refractivity contribution is 0.102. The average Bonchev–Trinajstić information content (AvgIpc) is 3.21. The predicted molar refractivity (Wildman–Crippen MR) is 112 cm³/mol. The molecule has 29 heavy (non-hydrogen) atoms. The molecular weight excluding hydrogens is 384 g/mol. The number of aromatic nitrogens is 2. The van der Waals surface area contributed by atoms with Crippen molar-refractivity contribution in [3.8, 4) is 11.5 Å². The van der Waals surface area contributed by atoms with Crippen molar-refractivity contribution in [2.24, 2.45) is 0 Å². The summed E-state index contributed by atoms with van der Waals surface area (Å²) < 4.78 is 11.4. The molecule has 5 nitrogen and oxygen atoms in total. The molecule has 0 saturated carbocycles. The number of thioether (sulfide) groups is 1. The molecule has 1 heterocycles. The Labute approximate surface area is 172 Å². The van der Waals surface area contributed by atoms with E-state index >= 15 is 0 Å². The molecule has 0 spiro atoms. The van der Waals surface area contributed by atoms with Gasteiger partial charge in [-0.3, -0.25) is 4.79 Å². The van der Waals surface area contributed by atoms with Gasteiger partial charge in [0.2, 0.25) is 5.89 Å². The first-order chi connectivity index (χ1) is 14.3. The summed E-state index contributed by atoms with van der Waals surface area (Å²) in [6.45, 7) is 0. The largest absolute Gasteiger partial charge is 0.457 e. The van der Waals surface area contributed by atoms with Gasteiger partial charge in [0.25, 0.3) is 5.22 Å². The highest BCUT2D eigenvalue weighted by molar-refractivity contribution is 7.99. The first-order valence-electron chi connectivity index (χ1n) is 9.11. The Balaban J connectivity index is 1.30. The van der Waals surface area contributed by atoms with Crippen LogP contribution in [0.1, 0.15) is 21.8 Å². The number of para-hydroxylation sites is 1. The normalized spacial score (nSPS) is 10.6. The number of ketones is 1. The second-order valence-electron chi connectivity index (χ2n) is 6.28. The standard InChI is InChI=1S/C23H18N2O3S/c26-21(18-11-13-20(14-12-18)27-19-9-5-2-6-10-19)16-29-23-25-24-22(28-23)15-17-7-3-1-4-8-17/h1-14H,15-16H2. The van der Waals surface area contributed by atoms with Crippen LogP contribution in [0.2, 0.25) is 0 Å².